The Labute approximate surface area is 137 Å². The molecule has 8 heteroatoms. The highest BCUT2D eigenvalue weighted by atomic mass is 35.5. The Balaban J connectivity index is 2.94. The van der Waals surface area contributed by atoms with Crippen LogP contribution < -0.4 is 16.6 Å². The first kappa shape index (κ1) is 17.2. The Morgan fingerprint density at radius 1 is 1.22 bits per heavy atom. The number of aryl methyl sites for hydroxylation is 1. The number of carbonyl (C=O) groups excluding carboxylic acids is 1. The van der Waals surface area contributed by atoms with Crippen molar-refractivity contribution >= 4 is 34.2 Å². The van der Waals surface area contributed by atoms with Gasteiger partial charge in [0.2, 0.25) is 5.91 Å². The lowest BCUT2D eigenvalue weighted by molar-refractivity contribution is -0.115. The quantitative estimate of drug-likeness (QED) is 0.855. The van der Waals surface area contributed by atoms with Crippen LogP contribution in [0.1, 0.15) is 32.3 Å². The SMILES string of the molecule is CC(Cl)C(=O)Nc1c(C(C)C)cnc2c1c(=O)n(C)c(=O)n2C. The molecule has 0 bridgehead atoms. The van der Waals surface area contributed by atoms with Gasteiger partial charge in [-0.05, 0) is 18.4 Å². The van der Waals surface area contributed by atoms with Crippen LogP contribution in [-0.4, -0.2) is 25.4 Å². The molecular weight excluding hydrogens is 320 g/mol. The van der Waals surface area contributed by atoms with E-state index in [1.54, 1.807) is 13.1 Å². The number of nitrogens with zero attached hydrogens (tertiary/aromatic N) is 3. The second-order valence-electron chi connectivity index (χ2n) is 5.75. The molecule has 1 atom stereocenters. The lowest BCUT2D eigenvalue weighted by atomic mass is 10.0. The number of hydrogen-bond acceptors (Lipinski definition) is 4. The van der Waals surface area contributed by atoms with Crippen molar-refractivity contribution in [3.05, 3.63) is 32.6 Å². The van der Waals surface area contributed by atoms with Crippen LogP contribution in [0.25, 0.3) is 11.0 Å². The molecule has 1 N–H and O–H groups in total. The zero-order valence-electron chi connectivity index (χ0n) is 13.7. The maximum Gasteiger partial charge on any atom is 0.332 e. The predicted molar refractivity (Wildman–Crippen MR) is 90.3 cm³/mol. The van der Waals surface area contributed by atoms with Gasteiger partial charge in [-0.15, -0.1) is 11.6 Å². The second kappa shape index (κ2) is 6.16. The summed E-state index contributed by atoms with van der Waals surface area (Å²) in [5.74, 6) is -0.397. The van der Waals surface area contributed by atoms with Crippen molar-refractivity contribution in [2.24, 2.45) is 14.1 Å². The topological polar surface area (TPSA) is 86.0 Å². The molecule has 2 aromatic heterocycles. The standard InChI is InChI=1S/C15H19ClN4O3/c1-7(2)9-6-17-12-10(11(9)18-13(21)8(3)16)14(22)20(5)15(23)19(12)4/h6-8H,1-5H3,(H,17,18,21). The first-order valence-electron chi connectivity index (χ1n) is 7.20. The Morgan fingerprint density at radius 2 is 1.83 bits per heavy atom. The monoisotopic (exact) mass is 338 g/mol. The van der Waals surface area contributed by atoms with Gasteiger partial charge in [0.25, 0.3) is 5.56 Å². The molecule has 7 nitrogen and oxygen atoms in total. The van der Waals surface area contributed by atoms with E-state index >= 15 is 0 Å². The highest BCUT2D eigenvalue weighted by Gasteiger charge is 2.21. The predicted octanol–water partition coefficient (Wildman–Crippen LogP) is 1.32. The van der Waals surface area contributed by atoms with Crippen LogP contribution in [-0.2, 0) is 18.9 Å². The molecule has 0 fully saturated rings. The number of aromatic nitrogens is 3. The van der Waals surface area contributed by atoms with Gasteiger partial charge in [0, 0.05) is 20.3 Å². The van der Waals surface area contributed by atoms with Crippen molar-refractivity contribution in [2.75, 3.05) is 5.32 Å². The van der Waals surface area contributed by atoms with E-state index in [1.807, 2.05) is 13.8 Å². The van der Waals surface area contributed by atoms with Crippen LogP contribution in [0.5, 0.6) is 0 Å². The maximum atomic E-state index is 12.6. The van der Waals surface area contributed by atoms with E-state index in [4.69, 9.17) is 11.6 Å². The summed E-state index contributed by atoms with van der Waals surface area (Å²) in [5, 5.41) is 2.15. The van der Waals surface area contributed by atoms with Gasteiger partial charge in [-0.25, -0.2) is 9.78 Å². The summed E-state index contributed by atoms with van der Waals surface area (Å²) >= 11 is 5.82. The fourth-order valence-corrected chi connectivity index (χ4v) is 2.39. The molecule has 0 aliphatic carbocycles. The highest BCUT2D eigenvalue weighted by molar-refractivity contribution is 6.32. The number of alkyl halides is 1. The van der Waals surface area contributed by atoms with Gasteiger partial charge in [-0.1, -0.05) is 13.8 Å². The summed E-state index contributed by atoms with van der Waals surface area (Å²) in [5.41, 5.74) is 0.309. The molecule has 0 spiro atoms. The zero-order chi connectivity index (χ0) is 17.5. The van der Waals surface area contributed by atoms with E-state index in [0.717, 1.165) is 4.57 Å². The van der Waals surface area contributed by atoms with Crippen LogP contribution in [0, 0.1) is 0 Å². The molecule has 2 heterocycles. The van der Waals surface area contributed by atoms with Gasteiger partial charge in [-0.3, -0.25) is 18.7 Å². The first-order valence-corrected chi connectivity index (χ1v) is 7.64. The average Bonchev–Trinajstić information content (AvgIpc) is 2.49. The minimum atomic E-state index is -0.755. The van der Waals surface area contributed by atoms with Gasteiger partial charge in [0.1, 0.15) is 10.8 Å². The van der Waals surface area contributed by atoms with E-state index in [9.17, 15) is 14.4 Å². The Hall–Kier alpha value is -2.15. The molecule has 1 amide bonds. The van der Waals surface area contributed by atoms with Gasteiger partial charge in [-0.2, -0.15) is 0 Å². The van der Waals surface area contributed by atoms with Crippen molar-refractivity contribution < 1.29 is 4.79 Å². The normalized spacial score (nSPS) is 12.7. The van der Waals surface area contributed by atoms with E-state index < -0.39 is 22.5 Å². The lowest BCUT2D eigenvalue weighted by Gasteiger charge is -2.17. The Morgan fingerprint density at radius 3 is 2.35 bits per heavy atom. The summed E-state index contributed by atoms with van der Waals surface area (Å²) < 4.78 is 2.27. The minimum Gasteiger partial charge on any atom is -0.324 e. The van der Waals surface area contributed by atoms with Crippen LogP contribution >= 0.6 is 11.6 Å². The molecule has 0 aromatic carbocycles. The van der Waals surface area contributed by atoms with Crippen molar-refractivity contribution in [3.8, 4) is 0 Å². The van der Waals surface area contributed by atoms with E-state index in [2.05, 4.69) is 10.3 Å². The second-order valence-corrected chi connectivity index (χ2v) is 6.41. The van der Waals surface area contributed by atoms with Crippen LogP contribution in [0.4, 0.5) is 5.69 Å². The zero-order valence-corrected chi connectivity index (χ0v) is 14.4. The van der Waals surface area contributed by atoms with Crippen molar-refractivity contribution in [1.82, 2.24) is 14.1 Å². The minimum absolute atomic E-state index is 0.0229. The lowest BCUT2D eigenvalue weighted by Crippen LogP contribution is -2.38. The molecule has 23 heavy (non-hydrogen) atoms. The smallest absolute Gasteiger partial charge is 0.324 e. The third-order valence-electron chi connectivity index (χ3n) is 3.73. The number of amides is 1. The Bertz CT molecular complexity index is 896. The molecule has 124 valence electrons. The summed E-state index contributed by atoms with van der Waals surface area (Å²) in [7, 11) is 2.92. The molecule has 1 unspecified atom stereocenters. The van der Waals surface area contributed by atoms with E-state index in [0.29, 0.717) is 11.3 Å². The third kappa shape index (κ3) is 2.88. The van der Waals surface area contributed by atoms with Gasteiger partial charge in [0.05, 0.1) is 5.69 Å². The molecule has 0 saturated carbocycles. The van der Waals surface area contributed by atoms with Crippen molar-refractivity contribution in [1.29, 1.82) is 0 Å². The summed E-state index contributed by atoms with van der Waals surface area (Å²) in [6.45, 7) is 5.40. The molecular formula is C15H19ClN4O3. The summed E-state index contributed by atoms with van der Waals surface area (Å²) in [4.78, 5) is 40.9. The number of nitrogens with one attached hydrogen (secondary N) is 1. The van der Waals surface area contributed by atoms with Gasteiger partial charge >= 0.3 is 5.69 Å². The third-order valence-corrected chi connectivity index (χ3v) is 3.93. The molecule has 2 aromatic rings. The number of fused-ring (bicyclic) bond motifs is 1. The fourth-order valence-electron chi connectivity index (χ4n) is 2.34. The van der Waals surface area contributed by atoms with E-state index in [-0.39, 0.29) is 17.0 Å². The largest absolute Gasteiger partial charge is 0.332 e. The molecule has 0 saturated heterocycles. The molecule has 0 aliphatic heterocycles. The van der Waals surface area contributed by atoms with Gasteiger partial charge < -0.3 is 5.32 Å². The maximum absolute atomic E-state index is 12.6. The molecule has 2 rings (SSSR count). The first-order chi connectivity index (χ1) is 10.7. The van der Waals surface area contributed by atoms with Crippen LogP contribution in [0.3, 0.4) is 0 Å². The number of halogens is 1. The highest BCUT2D eigenvalue weighted by Crippen LogP contribution is 2.28. The summed E-state index contributed by atoms with van der Waals surface area (Å²) in [6.07, 6.45) is 1.57. The van der Waals surface area contributed by atoms with Crippen LogP contribution in [0.15, 0.2) is 15.8 Å². The fraction of sp³-hybridized carbons (Fsp3) is 0.467. The van der Waals surface area contributed by atoms with Crippen molar-refractivity contribution in [2.45, 2.75) is 32.1 Å². The number of rotatable bonds is 3. The van der Waals surface area contributed by atoms with Crippen LogP contribution in [0.2, 0.25) is 0 Å². The average molecular weight is 339 g/mol. The van der Waals surface area contributed by atoms with Crippen molar-refractivity contribution in [3.63, 3.8) is 0 Å². The number of pyridine rings is 1. The molecule has 0 aliphatic rings. The number of carbonyl (C=O) groups is 1. The Kier molecular flexibility index (Phi) is 4.61. The van der Waals surface area contributed by atoms with E-state index in [1.165, 1.54) is 18.7 Å². The van der Waals surface area contributed by atoms with Gasteiger partial charge in [0.15, 0.2) is 5.65 Å². The summed E-state index contributed by atoms with van der Waals surface area (Å²) in [6, 6.07) is 0. The number of anilines is 1. The molecule has 0 radical (unpaired) electrons. The number of hydrogen-bond donors (Lipinski definition) is 1.